The zero-order valence-electron chi connectivity index (χ0n) is 12.1. The summed E-state index contributed by atoms with van der Waals surface area (Å²) in [5.74, 6) is 0. The summed E-state index contributed by atoms with van der Waals surface area (Å²) in [4.78, 5) is 2.71. The van der Waals surface area contributed by atoms with Gasteiger partial charge in [0.1, 0.15) is 0 Å². The van der Waals surface area contributed by atoms with E-state index in [4.69, 9.17) is 0 Å². The first-order valence-electron chi connectivity index (χ1n) is 6.80. The molecule has 0 amide bonds. The Labute approximate surface area is 121 Å². The predicted octanol–water partition coefficient (Wildman–Crippen LogP) is 5.99. The van der Waals surface area contributed by atoms with Crippen molar-refractivity contribution < 1.29 is 0 Å². The minimum Gasteiger partial charge on any atom is -0.0988 e. The van der Waals surface area contributed by atoms with Crippen LogP contribution in [0.1, 0.15) is 33.6 Å². The number of rotatable bonds is 3. The molecule has 1 heteroatoms. The maximum atomic E-state index is 4.01. The molecule has 0 radical (unpaired) electrons. The van der Waals surface area contributed by atoms with Gasteiger partial charge in [-0.1, -0.05) is 62.5 Å². The molecule has 0 atom stereocenters. The summed E-state index contributed by atoms with van der Waals surface area (Å²) in [5, 5.41) is 0. The number of allylic oxidation sites excluding steroid dienone is 4. The van der Waals surface area contributed by atoms with Gasteiger partial charge in [0.05, 0.1) is 0 Å². The summed E-state index contributed by atoms with van der Waals surface area (Å²) in [7, 11) is 0. The van der Waals surface area contributed by atoms with Crippen molar-refractivity contribution in [2.24, 2.45) is 5.41 Å². The summed E-state index contributed by atoms with van der Waals surface area (Å²) in [5.41, 5.74) is 3.18. The molecule has 0 unspecified atom stereocenters. The molecule has 0 N–H and O–H groups in total. The average Bonchev–Trinajstić information content (AvgIpc) is 2.41. The van der Waals surface area contributed by atoms with Crippen LogP contribution >= 0.6 is 11.8 Å². The normalized spacial score (nSPS) is 20.7. The molecule has 0 aromatic heterocycles. The molecule has 2 rings (SSSR count). The van der Waals surface area contributed by atoms with Crippen molar-refractivity contribution >= 4 is 11.8 Å². The fraction of sp³-hybridized carbons (Fsp3) is 0.333. The van der Waals surface area contributed by atoms with Crippen molar-refractivity contribution in [2.75, 3.05) is 0 Å². The van der Waals surface area contributed by atoms with Crippen molar-refractivity contribution in [3.8, 4) is 0 Å². The molecule has 0 fully saturated rings. The Balaban J connectivity index is 2.38. The van der Waals surface area contributed by atoms with Gasteiger partial charge in [0, 0.05) is 9.80 Å². The highest BCUT2D eigenvalue weighted by molar-refractivity contribution is 8.03. The van der Waals surface area contributed by atoms with Gasteiger partial charge in [0.25, 0.3) is 0 Å². The first-order valence-corrected chi connectivity index (χ1v) is 7.61. The molecule has 0 aliphatic heterocycles. The van der Waals surface area contributed by atoms with E-state index in [1.54, 1.807) is 0 Å². The van der Waals surface area contributed by atoms with Crippen LogP contribution in [0, 0.1) is 5.41 Å². The smallest absolute Gasteiger partial charge is 0.0183 e. The zero-order valence-corrected chi connectivity index (χ0v) is 12.9. The molecular weight excluding hydrogens is 248 g/mol. The van der Waals surface area contributed by atoms with Crippen LogP contribution in [0.25, 0.3) is 0 Å². The summed E-state index contributed by atoms with van der Waals surface area (Å²) in [6.07, 6.45) is 6.56. The lowest BCUT2D eigenvalue weighted by Gasteiger charge is -2.34. The van der Waals surface area contributed by atoms with E-state index in [0.717, 1.165) is 12.8 Å². The molecule has 0 nitrogen and oxygen atoms in total. The minimum atomic E-state index is 0.339. The third-order valence-corrected chi connectivity index (χ3v) is 4.72. The Morgan fingerprint density at radius 2 is 1.84 bits per heavy atom. The topological polar surface area (TPSA) is 0 Å². The molecule has 0 saturated heterocycles. The first kappa shape index (κ1) is 14.2. The van der Waals surface area contributed by atoms with E-state index in [1.165, 1.54) is 20.9 Å². The predicted molar refractivity (Wildman–Crippen MR) is 86.3 cm³/mol. The molecule has 1 aromatic rings. The largest absolute Gasteiger partial charge is 0.0988 e. The van der Waals surface area contributed by atoms with Crippen LogP contribution in [0.2, 0.25) is 0 Å². The Morgan fingerprint density at radius 3 is 2.42 bits per heavy atom. The second kappa shape index (κ2) is 5.83. The number of hydrogen-bond donors (Lipinski definition) is 0. The fourth-order valence-corrected chi connectivity index (χ4v) is 3.73. The van der Waals surface area contributed by atoms with Crippen LogP contribution in [-0.2, 0) is 0 Å². The van der Waals surface area contributed by atoms with Crippen LogP contribution < -0.4 is 0 Å². The van der Waals surface area contributed by atoms with E-state index >= 15 is 0 Å². The van der Waals surface area contributed by atoms with Crippen molar-refractivity contribution in [3.05, 3.63) is 65.1 Å². The van der Waals surface area contributed by atoms with Gasteiger partial charge in [0.15, 0.2) is 0 Å². The van der Waals surface area contributed by atoms with Crippen LogP contribution in [0.3, 0.4) is 0 Å². The van der Waals surface area contributed by atoms with Crippen LogP contribution in [0.5, 0.6) is 0 Å². The highest BCUT2D eigenvalue weighted by atomic mass is 32.2. The van der Waals surface area contributed by atoms with Crippen LogP contribution in [0.15, 0.2) is 70.0 Å². The van der Waals surface area contributed by atoms with Gasteiger partial charge in [-0.05, 0) is 48.5 Å². The third kappa shape index (κ3) is 3.42. The maximum absolute atomic E-state index is 4.01. The van der Waals surface area contributed by atoms with E-state index in [9.17, 15) is 0 Å². The van der Waals surface area contributed by atoms with Crippen molar-refractivity contribution in [1.29, 1.82) is 0 Å². The standard InChI is InChI=1S/C18H22S/c1-5-14-12-18(3,4)13-15(6-2)17(14)19-16-10-8-7-9-11-16/h5-11H,1,12-13H2,2-4H3/b15-6+. The van der Waals surface area contributed by atoms with E-state index in [0.29, 0.717) is 5.41 Å². The third-order valence-electron chi connectivity index (χ3n) is 3.48. The average molecular weight is 270 g/mol. The molecule has 19 heavy (non-hydrogen) atoms. The Hall–Kier alpha value is -1.21. The Bertz CT molecular complexity index is 518. The zero-order chi connectivity index (χ0) is 13.9. The second-order valence-electron chi connectivity index (χ2n) is 5.81. The van der Waals surface area contributed by atoms with Crippen LogP contribution in [-0.4, -0.2) is 0 Å². The lowest BCUT2D eigenvalue weighted by atomic mass is 9.75. The van der Waals surface area contributed by atoms with Gasteiger partial charge >= 0.3 is 0 Å². The second-order valence-corrected chi connectivity index (χ2v) is 6.89. The molecule has 0 heterocycles. The van der Waals surface area contributed by atoms with Gasteiger partial charge in [0.2, 0.25) is 0 Å². The van der Waals surface area contributed by atoms with E-state index in [2.05, 4.69) is 63.8 Å². The molecular formula is C18H22S. The van der Waals surface area contributed by atoms with Gasteiger partial charge < -0.3 is 0 Å². The number of thioether (sulfide) groups is 1. The molecule has 0 bridgehead atoms. The fourth-order valence-electron chi connectivity index (χ4n) is 2.60. The minimum absolute atomic E-state index is 0.339. The summed E-state index contributed by atoms with van der Waals surface area (Å²) in [6.45, 7) is 10.8. The summed E-state index contributed by atoms with van der Waals surface area (Å²) in [6, 6.07) is 10.6. The molecule has 1 aliphatic carbocycles. The Kier molecular flexibility index (Phi) is 4.36. The summed E-state index contributed by atoms with van der Waals surface area (Å²) < 4.78 is 0. The van der Waals surface area contributed by atoms with Crippen molar-refractivity contribution in [3.63, 3.8) is 0 Å². The maximum Gasteiger partial charge on any atom is 0.0183 e. The lowest BCUT2D eigenvalue weighted by Crippen LogP contribution is -2.19. The van der Waals surface area contributed by atoms with Gasteiger partial charge in [-0.2, -0.15) is 0 Å². The van der Waals surface area contributed by atoms with Crippen molar-refractivity contribution in [1.82, 2.24) is 0 Å². The van der Waals surface area contributed by atoms with Gasteiger partial charge in [-0.3, -0.25) is 0 Å². The molecule has 0 spiro atoms. The quantitative estimate of drug-likeness (QED) is 0.650. The van der Waals surface area contributed by atoms with Crippen molar-refractivity contribution in [2.45, 2.75) is 38.5 Å². The van der Waals surface area contributed by atoms with E-state index in [-0.39, 0.29) is 0 Å². The van der Waals surface area contributed by atoms with E-state index < -0.39 is 0 Å². The highest BCUT2D eigenvalue weighted by Crippen LogP contribution is 2.47. The number of hydrogen-bond acceptors (Lipinski definition) is 1. The molecule has 100 valence electrons. The van der Waals surface area contributed by atoms with Gasteiger partial charge in [-0.25, -0.2) is 0 Å². The molecule has 1 aliphatic rings. The first-order chi connectivity index (χ1) is 9.05. The monoisotopic (exact) mass is 270 g/mol. The molecule has 0 saturated carbocycles. The SMILES string of the molecule is C=CC1=C(Sc2ccccc2)/C(=C/C)CC(C)(C)C1. The lowest BCUT2D eigenvalue weighted by molar-refractivity contribution is 0.354. The number of benzene rings is 1. The summed E-state index contributed by atoms with van der Waals surface area (Å²) >= 11 is 1.87. The Morgan fingerprint density at radius 1 is 1.16 bits per heavy atom. The van der Waals surface area contributed by atoms with Crippen LogP contribution in [0.4, 0.5) is 0 Å². The molecule has 1 aromatic carbocycles. The highest BCUT2D eigenvalue weighted by Gasteiger charge is 2.29. The van der Waals surface area contributed by atoms with E-state index in [1.807, 2.05) is 17.8 Å². The van der Waals surface area contributed by atoms with Gasteiger partial charge in [-0.15, -0.1) is 0 Å².